The number of amides is 1. The van der Waals surface area contributed by atoms with Crippen molar-refractivity contribution in [3.8, 4) is 0 Å². The van der Waals surface area contributed by atoms with Crippen molar-refractivity contribution in [3.05, 3.63) is 64.9 Å². The second-order valence-electron chi connectivity index (χ2n) is 6.61. The summed E-state index contributed by atoms with van der Waals surface area (Å²) in [5.74, 6) is 0.361. The molecule has 0 aliphatic rings. The third kappa shape index (κ3) is 6.24. The van der Waals surface area contributed by atoms with Crippen LogP contribution in [0, 0.1) is 0 Å². The lowest BCUT2D eigenvalue weighted by Gasteiger charge is -2.10. The Kier molecular flexibility index (Phi) is 8.52. The van der Waals surface area contributed by atoms with E-state index < -0.39 is 0 Å². The Morgan fingerprint density at radius 1 is 1.09 bits per heavy atom. The Morgan fingerprint density at radius 2 is 1.84 bits per heavy atom. The Balaban J connectivity index is 1.54. The van der Waals surface area contributed by atoms with Crippen LogP contribution >= 0.6 is 23.4 Å². The van der Waals surface area contributed by atoms with Crippen molar-refractivity contribution < 1.29 is 14.3 Å². The molecule has 8 nitrogen and oxygen atoms in total. The molecule has 0 atom stereocenters. The van der Waals surface area contributed by atoms with Gasteiger partial charge < -0.3 is 19.9 Å². The smallest absolute Gasteiger partial charge is 0.338 e. The molecule has 0 unspecified atom stereocenters. The molecule has 3 aromatic rings. The summed E-state index contributed by atoms with van der Waals surface area (Å²) >= 11 is 7.49. The third-order valence-corrected chi connectivity index (χ3v) is 5.73. The summed E-state index contributed by atoms with van der Waals surface area (Å²) in [6.45, 7) is 5.20. The van der Waals surface area contributed by atoms with Crippen molar-refractivity contribution in [1.29, 1.82) is 0 Å². The van der Waals surface area contributed by atoms with Gasteiger partial charge in [-0.1, -0.05) is 35.5 Å². The summed E-state index contributed by atoms with van der Waals surface area (Å²) in [7, 11) is 0. The summed E-state index contributed by atoms with van der Waals surface area (Å²) in [5, 5.41) is 15.8. The predicted molar refractivity (Wildman–Crippen MR) is 126 cm³/mol. The molecule has 10 heteroatoms. The number of anilines is 2. The zero-order valence-corrected chi connectivity index (χ0v) is 19.4. The number of thioether (sulfide) groups is 1. The van der Waals surface area contributed by atoms with Crippen molar-refractivity contribution in [2.45, 2.75) is 32.1 Å². The SMILES string of the molecule is CCOC(=O)c1ccc(NC(=O)CSc2nnc(CNc3ccccc3Cl)n2CC)cc1. The Hall–Kier alpha value is -3.04. The zero-order chi connectivity index (χ0) is 22.9. The quantitative estimate of drug-likeness (QED) is 0.331. The number of para-hydroxylation sites is 1. The molecule has 0 saturated heterocycles. The van der Waals surface area contributed by atoms with Gasteiger partial charge in [0.05, 0.1) is 35.2 Å². The molecular formula is C22H24ClN5O3S. The highest BCUT2D eigenvalue weighted by Crippen LogP contribution is 2.22. The average molecular weight is 474 g/mol. The first-order chi connectivity index (χ1) is 15.5. The summed E-state index contributed by atoms with van der Waals surface area (Å²) < 4.78 is 6.91. The molecule has 0 spiro atoms. The van der Waals surface area contributed by atoms with E-state index in [4.69, 9.17) is 16.3 Å². The number of carbonyl (C=O) groups is 2. The Labute approximate surface area is 195 Å². The lowest BCUT2D eigenvalue weighted by molar-refractivity contribution is -0.113. The van der Waals surface area contributed by atoms with Crippen LogP contribution in [0.4, 0.5) is 11.4 Å². The molecule has 1 heterocycles. The van der Waals surface area contributed by atoms with Gasteiger partial charge in [-0.3, -0.25) is 4.79 Å². The first-order valence-electron chi connectivity index (χ1n) is 10.1. The van der Waals surface area contributed by atoms with E-state index in [0.29, 0.717) is 41.1 Å². The van der Waals surface area contributed by atoms with Gasteiger partial charge in [-0.25, -0.2) is 4.79 Å². The number of benzene rings is 2. The van der Waals surface area contributed by atoms with Crippen LogP contribution in [-0.4, -0.2) is 39.0 Å². The number of rotatable bonds is 10. The molecule has 3 rings (SSSR count). The first-order valence-corrected chi connectivity index (χ1v) is 11.5. The average Bonchev–Trinajstić information content (AvgIpc) is 3.19. The maximum atomic E-state index is 12.4. The summed E-state index contributed by atoms with van der Waals surface area (Å²) in [6, 6.07) is 14.1. The van der Waals surface area contributed by atoms with Gasteiger partial charge in [0.25, 0.3) is 0 Å². The van der Waals surface area contributed by atoms with E-state index in [9.17, 15) is 9.59 Å². The van der Waals surface area contributed by atoms with Crippen molar-refractivity contribution in [2.24, 2.45) is 0 Å². The van der Waals surface area contributed by atoms with Gasteiger partial charge in [0, 0.05) is 12.2 Å². The fraction of sp³-hybridized carbons (Fsp3) is 0.273. The van der Waals surface area contributed by atoms with E-state index >= 15 is 0 Å². The van der Waals surface area contributed by atoms with Crippen LogP contribution in [0.25, 0.3) is 0 Å². The van der Waals surface area contributed by atoms with Crippen LogP contribution in [0.2, 0.25) is 5.02 Å². The molecule has 32 heavy (non-hydrogen) atoms. The van der Waals surface area contributed by atoms with Gasteiger partial charge >= 0.3 is 5.97 Å². The zero-order valence-electron chi connectivity index (χ0n) is 17.8. The summed E-state index contributed by atoms with van der Waals surface area (Å²) in [6.07, 6.45) is 0. The maximum absolute atomic E-state index is 12.4. The van der Waals surface area contributed by atoms with Crippen molar-refractivity contribution in [3.63, 3.8) is 0 Å². The number of hydrogen-bond acceptors (Lipinski definition) is 7. The van der Waals surface area contributed by atoms with Crippen molar-refractivity contribution in [1.82, 2.24) is 14.8 Å². The van der Waals surface area contributed by atoms with Crippen LogP contribution in [-0.2, 0) is 22.6 Å². The number of nitrogens with zero attached hydrogens (tertiary/aromatic N) is 3. The van der Waals surface area contributed by atoms with E-state index in [1.807, 2.05) is 35.8 Å². The highest BCUT2D eigenvalue weighted by Gasteiger charge is 2.14. The number of hydrogen-bond donors (Lipinski definition) is 2. The molecule has 0 aliphatic carbocycles. The summed E-state index contributed by atoms with van der Waals surface area (Å²) in [4.78, 5) is 24.1. The maximum Gasteiger partial charge on any atom is 0.338 e. The lowest BCUT2D eigenvalue weighted by atomic mass is 10.2. The molecule has 2 aromatic carbocycles. The van der Waals surface area contributed by atoms with Gasteiger partial charge in [-0.2, -0.15) is 0 Å². The topological polar surface area (TPSA) is 98.1 Å². The fourth-order valence-electron chi connectivity index (χ4n) is 2.88. The van der Waals surface area contributed by atoms with E-state index in [0.717, 1.165) is 11.5 Å². The van der Waals surface area contributed by atoms with E-state index in [-0.39, 0.29) is 17.6 Å². The first kappa shape index (κ1) is 23.6. The molecule has 0 bridgehead atoms. The van der Waals surface area contributed by atoms with Crippen molar-refractivity contribution >= 4 is 46.6 Å². The Bertz CT molecular complexity index is 1070. The van der Waals surface area contributed by atoms with Gasteiger partial charge in [0.15, 0.2) is 11.0 Å². The molecule has 2 N–H and O–H groups in total. The standard InChI is InChI=1S/C22H24ClN5O3S/c1-3-28-19(13-24-18-8-6-5-7-17(18)23)26-27-22(28)32-14-20(29)25-16-11-9-15(10-12-16)21(30)31-4-2/h5-12,24H,3-4,13-14H2,1-2H3,(H,25,29). The second-order valence-corrected chi connectivity index (χ2v) is 7.96. The summed E-state index contributed by atoms with van der Waals surface area (Å²) in [5.41, 5.74) is 1.86. The Morgan fingerprint density at radius 3 is 2.53 bits per heavy atom. The minimum absolute atomic E-state index is 0.176. The minimum atomic E-state index is -0.389. The van der Waals surface area contributed by atoms with Crippen LogP contribution < -0.4 is 10.6 Å². The molecular weight excluding hydrogens is 450 g/mol. The highest BCUT2D eigenvalue weighted by atomic mass is 35.5. The monoisotopic (exact) mass is 473 g/mol. The van der Waals surface area contributed by atoms with Crippen LogP contribution in [0.15, 0.2) is 53.7 Å². The molecule has 1 aromatic heterocycles. The van der Waals surface area contributed by atoms with Gasteiger partial charge in [0.1, 0.15) is 0 Å². The molecule has 168 valence electrons. The largest absolute Gasteiger partial charge is 0.462 e. The van der Waals surface area contributed by atoms with E-state index in [2.05, 4.69) is 20.8 Å². The van der Waals surface area contributed by atoms with Gasteiger partial charge in [-0.15, -0.1) is 10.2 Å². The molecule has 1 amide bonds. The van der Waals surface area contributed by atoms with Gasteiger partial charge in [0.2, 0.25) is 5.91 Å². The normalized spacial score (nSPS) is 10.6. The van der Waals surface area contributed by atoms with Crippen LogP contribution in [0.3, 0.4) is 0 Å². The number of esters is 1. The molecule has 0 saturated carbocycles. The third-order valence-electron chi connectivity index (χ3n) is 4.43. The molecule has 0 radical (unpaired) electrons. The number of halogens is 1. The van der Waals surface area contributed by atoms with E-state index in [1.165, 1.54) is 11.8 Å². The van der Waals surface area contributed by atoms with Gasteiger partial charge in [-0.05, 0) is 50.2 Å². The van der Waals surface area contributed by atoms with Crippen molar-refractivity contribution in [2.75, 3.05) is 23.0 Å². The van der Waals surface area contributed by atoms with E-state index in [1.54, 1.807) is 31.2 Å². The fourth-order valence-corrected chi connectivity index (χ4v) is 3.91. The number of aromatic nitrogens is 3. The highest BCUT2D eigenvalue weighted by molar-refractivity contribution is 7.99. The number of ether oxygens (including phenoxy) is 1. The predicted octanol–water partition coefficient (Wildman–Crippen LogP) is 4.47. The van der Waals surface area contributed by atoms with Crippen LogP contribution in [0.5, 0.6) is 0 Å². The van der Waals surface area contributed by atoms with Crippen LogP contribution in [0.1, 0.15) is 30.0 Å². The number of carbonyl (C=O) groups excluding carboxylic acids is 2. The minimum Gasteiger partial charge on any atom is -0.462 e. The number of nitrogens with one attached hydrogen (secondary N) is 2. The lowest BCUT2D eigenvalue weighted by Crippen LogP contribution is -2.15. The molecule has 0 aliphatic heterocycles. The molecule has 0 fully saturated rings. The second kappa shape index (κ2) is 11.5.